The first-order valence-corrected chi connectivity index (χ1v) is 6.96. The Balaban J connectivity index is 2.10. The molecule has 0 unspecified atom stereocenters. The predicted octanol–water partition coefficient (Wildman–Crippen LogP) is 0.994. The number of ether oxygens (including phenoxy) is 1. The highest BCUT2D eigenvalue weighted by Gasteiger charge is 2.15. The van der Waals surface area contributed by atoms with Gasteiger partial charge in [0.1, 0.15) is 5.60 Å². The van der Waals surface area contributed by atoms with E-state index in [1.807, 2.05) is 17.8 Å². The summed E-state index contributed by atoms with van der Waals surface area (Å²) in [7, 11) is 1.90. The maximum absolute atomic E-state index is 11.6. The van der Waals surface area contributed by atoms with Gasteiger partial charge >= 0.3 is 6.09 Å². The average Bonchev–Trinajstić information content (AvgIpc) is 2.72. The first kappa shape index (κ1) is 17.0. The number of imidazole rings is 1. The minimum Gasteiger partial charge on any atom is -0.444 e. The molecule has 0 bridgehead atoms. The van der Waals surface area contributed by atoms with E-state index in [9.17, 15) is 9.59 Å². The van der Waals surface area contributed by atoms with Crippen LogP contribution in [0.25, 0.3) is 0 Å². The summed E-state index contributed by atoms with van der Waals surface area (Å²) in [5.41, 5.74) is 0.402. The number of hydrogen-bond donors (Lipinski definition) is 2. The van der Waals surface area contributed by atoms with Crippen molar-refractivity contribution >= 4 is 12.0 Å². The molecule has 0 aliphatic rings. The van der Waals surface area contributed by atoms with E-state index in [0.717, 1.165) is 5.69 Å². The molecule has 0 saturated carbocycles. The Hall–Kier alpha value is -2.05. The van der Waals surface area contributed by atoms with Crippen LogP contribution < -0.4 is 10.6 Å². The third-order valence-electron chi connectivity index (χ3n) is 2.48. The molecule has 0 spiro atoms. The second kappa shape index (κ2) is 7.66. The lowest BCUT2D eigenvalue weighted by molar-refractivity contribution is -0.120. The van der Waals surface area contributed by atoms with Gasteiger partial charge in [0.15, 0.2) is 0 Å². The van der Waals surface area contributed by atoms with E-state index in [1.54, 1.807) is 27.1 Å². The van der Waals surface area contributed by atoms with E-state index in [-0.39, 0.29) is 18.9 Å². The van der Waals surface area contributed by atoms with Crippen LogP contribution >= 0.6 is 0 Å². The van der Waals surface area contributed by atoms with Crippen molar-refractivity contribution in [3.63, 3.8) is 0 Å². The second-order valence-corrected chi connectivity index (χ2v) is 5.81. The highest BCUT2D eigenvalue weighted by molar-refractivity contribution is 5.77. The monoisotopic (exact) mass is 296 g/mol. The number of amides is 2. The third-order valence-corrected chi connectivity index (χ3v) is 2.48. The smallest absolute Gasteiger partial charge is 0.407 e. The van der Waals surface area contributed by atoms with E-state index in [4.69, 9.17) is 4.74 Å². The Kier molecular flexibility index (Phi) is 6.20. The van der Waals surface area contributed by atoms with E-state index >= 15 is 0 Å². The molecule has 0 aliphatic heterocycles. The van der Waals surface area contributed by atoms with Crippen LogP contribution in [0.5, 0.6) is 0 Å². The number of carbonyl (C=O) groups excluding carboxylic acids is 2. The number of alkyl carbamates (subject to hydrolysis) is 1. The van der Waals surface area contributed by atoms with Crippen molar-refractivity contribution in [3.05, 3.63) is 18.2 Å². The number of carbonyl (C=O) groups is 2. The molecule has 0 aromatic carbocycles. The van der Waals surface area contributed by atoms with Crippen molar-refractivity contribution in [2.24, 2.45) is 7.05 Å². The van der Waals surface area contributed by atoms with Crippen molar-refractivity contribution in [1.82, 2.24) is 20.2 Å². The number of hydrogen-bond acceptors (Lipinski definition) is 4. The molecule has 1 rings (SSSR count). The minimum atomic E-state index is -0.533. The van der Waals surface area contributed by atoms with Crippen LogP contribution in [0.2, 0.25) is 0 Å². The van der Waals surface area contributed by atoms with E-state index in [1.165, 1.54) is 0 Å². The van der Waals surface area contributed by atoms with Crippen molar-refractivity contribution in [3.8, 4) is 0 Å². The standard InChI is InChI=1S/C14H24N4O3/c1-14(2,3)21-13(20)16-8-6-12(19)15-7-5-11-9-18(4)10-17-11/h9-10H,5-8H2,1-4H3,(H,15,19)(H,16,20). The largest absolute Gasteiger partial charge is 0.444 e. The molecule has 2 N–H and O–H groups in total. The summed E-state index contributed by atoms with van der Waals surface area (Å²) < 4.78 is 6.93. The van der Waals surface area contributed by atoms with Crippen LogP contribution in [0.15, 0.2) is 12.5 Å². The SMILES string of the molecule is Cn1cnc(CCNC(=O)CCNC(=O)OC(C)(C)C)c1. The molecule has 0 saturated heterocycles. The molecule has 1 aromatic heterocycles. The summed E-state index contributed by atoms with van der Waals surface area (Å²) >= 11 is 0. The van der Waals surface area contributed by atoms with Crippen LogP contribution in [0.3, 0.4) is 0 Å². The summed E-state index contributed by atoms with van der Waals surface area (Å²) in [5.74, 6) is -0.109. The van der Waals surface area contributed by atoms with Crippen molar-refractivity contribution < 1.29 is 14.3 Å². The zero-order chi connectivity index (χ0) is 15.9. The molecule has 0 aliphatic carbocycles. The normalized spacial score (nSPS) is 11.0. The zero-order valence-electron chi connectivity index (χ0n) is 13.1. The van der Waals surface area contributed by atoms with Gasteiger partial charge < -0.3 is 19.9 Å². The predicted molar refractivity (Wildman–Crippen MR) is 78.8 cm³/mol. The summed E-state index contributed by atoms with van der Waals surface area (Å²) in [6.07, 6.45) is 4.04. The van der Waals surface area contributed by atoms with Gasteiger partial charge in [0, 0.05) is 39.2 Å². The van der Waals surface area contributed by atoms with Crippen molar-refractivity contribution in [2.75, 3.05) is 13.1 Å². The van der Waals surface area contributed by atoms with Crippen LogP contribution in [0.4, 0.5) is 4.79 Å². The maximum Gasteiger partial charge on any atom is 0.407 e. The summed E-state index contributed by atoms with van der Waals surface area (Å²) in [6.45, 7) is 6.15. The lowest BCUT2D eigenvalue weighted by atomic mass is 10.2. The fourth-order valence-electron chi connectivity index (χ4n) is 1.61. The number of aryl methyl sites for hydroxylation is 1. The van der Waals surface area contributed by atoms with Gasteiger partial charge in [-0.1, -0.05) is 0 Å². The molecule has 21 heavy (non-hydrogen) atoms. The second-order valence-electron chi connectivity index (χ2n) is 5.81. The molecule has 7 nitrogen and oxygen atoms in total. The third kappa shape index (κ3) is 7.96. The summed E-state index contributed by atoms with van der Waals surface area (Å²) in [4.78, 5) is 27.1. The average molecular weight is 296 g/mol. The van der Waals surface area contributed by atoms with E-state index in [0.29, 0.717) is 13.0 Å². The lowest BCUT2D eigenvalue weighted by Crippen LogP contribution is -2.35. The number of nitrogens with one attached hydrogen (secondary N) is 2. The molecule has 0 fully saturated rings. The summed E-state index contributed by atoms with van der Waals surface area (Å²) in [6, 6.07) is 0. The Morgan fingerprint density at radius 1 is 1.29 bits per heavy atom. The maximum atomic E-state index is 11.6. The highest BCUT2D eigenvalue weighted by Crippen LogP contribution is 2.06. The zero-order valence-corrected chi connectivity index (χ0v) is 13.1. The van der Waals surface area contributed by atoms with Gasteiger partial charge in [0.2, 0.25) is 5.91 Å². The molecule has 2 amide bonds. The fourth-order valence-corrected chi connectivity index (χ4v) is 1.61. The Morgan fingerprint density at radius 3 is 2.57 bits per heavy atom. The quantitative estimate of drug-likeness (QED) is 0.820. The van der Waals surface area contributed by atoms with E-state index in [2.05, 4.69) is 15.6 Å². The van der Waals surface area contributed by atoms with Gasteiger partial charge in [-0.25, -0.2) is 9.78 Å². The van der Waals surface area contributed by atoms with Gasteiger partial charge in [0.25, 0.3) is 0 Å². The number of aromatic nitrogens is 2. The molecule has 1 heterocycles. The molecular formula is C14H24N4O3. The molecule has 0 radical (unpaired) electrons. The van der Waals surface area contributed by atoms with Crippen molar-refractivity contribution in [2.45, 2.75) is 39.2 Å². The first-order chi connectivity index (χ1) is 9.76. The fraction of sp³-hybridized carbons (Fsp3) is 0.643. The summed E-state index contributed by atoms with van der Waals surface area (Å²) in [5, 5.41) is 5.33. The molecule has 0 atom stereocenters. The van der Waals surface area contributed by atoms with Gasteiger partial charge in [-0.05, 0) is 20.8 Å². The molecule has 1 aromatic rings. The van der Waals surface area contributed by atoms with Gasteiger partial charge in [-0.3, -0.25) is 4.79 Å². The molecule has 7 heteroatoms. The Labute approximate surface area is 125 Å². The topological polar surface area (TPSA) is 85.3 Å². The van der Waals surface area contributed by atoms with Crippen molar-refractivity contribution in [1.29, 1.82) is 0 Å². The van der Waals surface area contributed by atoms with Crippen LogP contribution in [0.1, 0.15) is 32.9 Å². The number of nitrogens with zero attached hydrogens (tertiary/aromatic N) is 2. The molecular weight excluding hydrogens is 272 g/mol. The van der Waals surface area contributed by atoms with Gasteiger partial charge in [-0.15, -0.1) is 0 Å². The van der Waals surface area contributed by atoms with Gasteiger partial charge in [0.05, 0.1) is 12.0 Å². The van der Waals surface area contributed by atoms with Gasteiger partial charge in [-0.2, -0.15) is 0 Å². The van der Waals surface area contributed by atoms with Crippen LogP contribution in [-0.2, 0) is 23.0 Å². The van der Waals surface area contributed by atoms with Crippen LogP contribution in [0, 0.1) is 0 Å². The molecule has 118 valence electrons. The Bertz CT molecular complexity index is 477. The van der Waals surface area contributed by atoms with E-state index < -0.39 is 11.7 Å². The van der Waals surface area contributed by atoms with Crippen LogP contribution in [-0.4, -0.2) is 40.2 Å². The number of rotatable bonds is 6. The minimum absolute atomic E-state index is 0.109. The Morgan fingerprint density at radius 2 is 2.00 bits per heavy atom. The lowest BCUT2D eigenvalue weighted by Gasteiger charge is -2.19. The first-order valence-electron chi connectivity index (χ1n) is 6.96. The highest BCUT2D eigenvalue weighted by atomic mass is 16.6.